The Balaban J connectivity index is 2.40. The first kappa shape index (κ1) is 12.0. The van der Waals surface area contributed by atoms with Gasteiger partial charge in [0, 0.05) is 12.6 Å². The van der Waals surface area contributed by atoms with E-state index in [1.54, 1.807) is 6.20 Å². The molecule has 0 aliphatic heterocycles. The monoisotopic (exact) mass is 255 g/mol. The number of hydrogen-bond donors (Lipinski definition) is 0. The quantitative estimate of drug-likeness (QED) is 0.522. The van der Waals surface area contributed by atoms with Gasteiger partial charge in [0.1, 0.15) is 0 Å². The van der Waals surface area contributed by atoms with Crippen LogP contribution in [0.1, 0.15) is 19.4 Å². The zero-order valence-corrected chi connectivity index (χ0v) is 11.4. The molecule has 4 nitrogen and oxygen atoms in total. The third-order valence-electron chi connectivity index (χ3n) is 3.31. The minimum absolute atomic E-state index is 0.539. The molecule has 3 aromatic rings. The number of benzene rings is 1. The molecule has 0 aliphatic rings. The summed E-state index contributed by atoms with van der Waals surface area (Å²) < 4.78 is 3.05. The summed E-state index contributed by atoms with van der Waals surface area (Å²) in [6.07, 6.45) is 3.39. The van der Waals surface area contributed by atoms with E-state index in [2.05, 4.69) is 29.5 Å². The van der Waals surface area contributed by atoms with E-state index in [0.717, 1.165) is 33.3 Å². The van der Waals surface area contributed by atoms with Gasteiger partial charge in [-0.15, -0.1) is 0 Å². The van der Waals surface area contributed by atoms with E-state index in [0.29, 0.717) is 11.4 Å². The second kappa shape index (κ2) is 4.23. The van der Waals surface area contributed by atoms with Crippen molar-refractivity contribution in [2.45, 2.75) is 27.3 Å². The fourth-order valence-electron chi connectivity index (χ4n) is 2.53. The maximum atomic E-state index is 12.0. The van der Waals surface area contributed by atoms with Crippen molar-refractivity contribution in [3.63, 3.8) is 0 Å². The molecule has 2 heterocycles. The summed E-state index contributed by atoms with van der Waals surface area (Å²) in [6, 6.07) is 5.90. The summed E-state index contributed by atoms with van der Waals surface area (Å²) in [6.45, 7) is 7.30. The first-order chi connectivity index (χ1) is 9.06. The number of fused-ring (bicyclic) bond motifs is 3. The van der Waals surface area contributed by atoms with Gasteiger partial charge in [-0.1, -0.05) is 19.9 Å². The molecule has 0 fully saturated rings. The van der Waals surface area contributed by atoms with Crippen LogP contribution < -0.4 is 4.73 Å². The Kier molecular flexibility index (Phi) is 2.66. The number of nitrogens with zero attached hydrogens (tertiary/aromatic N) is 3. The first-order valence-electron chi connectivity index (χ1n) is 6.53. The maximum Gasteiger partial charge on any atom is 0.226 e. The lowest BCUT2D eigenvalue weighted by Crippen LogP contribution is -2.26. The van der Waals surface area contributed by atoms with Crippen molar-refractivity contribution in [1.82, 2.24) is 9.55 Å². The van der Waals surface area contributed by atoms with E-state index < -0.39 is 0 Å². The minimum atomic E-state index is 0.539. The SMILES string of the molecule is Cc1ccc2c(c1)c1c(c[n+]2[O-])ncn1CC(C)C. The third kappa shape index (κ3) is 1.93. The van der Waals surface area contributed by atoms with E-state index in [9.17, 15) is 5.21 Å². The molecular formula is C15H17N3O. The number of aryl methyl sites for hydroxylation is 1. The normalized spacial score (nSPS) is 11.8. The summed E-state index contributed by atoms with van der Waals surface area (Å²) in [5, 5.41) is 13.0. The van der Waals surface area contributed by atoms with Crippen molar-refractivity contribution < 1.29 is 4.73 Å². The number of rotatable bonds is 2. The van der Waals surface area contributed by atoms with Gasteiger partial charge in [-0.25, -0.2) is 4.98 Å². The molecule has 0 radical (unpaired) electrons. The van der Waals surface area contributed by atoms with Gasteiger partial charge in [0.2, 0.25) is 11.7 Å². The van der Waals surface area contributed by atoms with Gasteiger partial charge < -0.3 is 9.77 Å². The molecule has 0 unspecified atom stereocenters. The Bertz CT molecular complexity index is 759. The topological polar surface area (TPSA) is 44.8 Å². The smallest absolute Gasteiger partial charge is 0.226 e. The Morgan fingerprint density at radius 1 is 1.37 bits per heavy atom. The molecule has 1 aromatic carbocycles. The molecule has 4 heteroatoms. The molecule has 98 valence electrons. The summed E-state index contributed by atoms with van der Waals surface area (Å²) in [5.74, 6) is 0.539. The summed E-state index contributed by atoms with van der Waals surface area (Å²) >= 11 is 0. The highest BCUT2D eigenvalue weighted by Gasteiger charge is 2.15. The standard InChI is InChI=1S/C15H17N3O/c1-10(2)7-17-9-16-13-8-18(19)14-5-4-11(3)6-12(14)15(13)17/h4-6,8-10H,7H2,1-3H3. The Morgan fingerprint density at radius 2 is 2.16 bits per heavy atom. The summed E-state index contributed by atoms with van der Waals surface area (Å²) in [7, 11) is 0. The van der Waals surface area contributed by atoms with Crippen LogP contribution in [0, 0.1) is 18.0 Å². The van der Waals surface area contributed by atoms with Crippen molar-refractivity contribution in [1.29, 1.82) is 0 Å². The van der Waals surface area contributed by atoms with Crippen LogP contribution in [0.25, 0.3) is 21.9 Å². The summed E-state index contributed by atoms with van der Waals surface area (Å²) in [4.78, 5) is 4.35. The highest BCUT2D eigenvalue weighted by molar-refractivity contribution is 6.00. The number of hydrogen-bond acceptors (Lipinski definition) is 2. The van der Waals surface area contributed by atoms with E-state index in [-0.39, 0.29) is 0 Å². The predicted octanol–water partition coefficient (Wildman–Crippen LogP) is 2.79. The van der Waals surface area contributed by atoms with Crippen LogP contribution in [0.3, 0.4) is 0 Å². The lowest BCUT2D eigenvalue weighted by atomic mass is 10.1. The van der Waals surface area contributed by atoms with Gasteiger partial charge in [0.25, 0.3) is 0 Å². The highest BCUT2D eigenvalue weighted by atomic mass is 16.5. The van der Waals surface area contributed by atoms with Gasteiger partial charge in [0.15, 0.2) is 5.52 Å². The predicted molar refractivity (Wildman–Crippen MR) is 75.8 cm³/mol. The largest absolute Gasteiger partial charge is 0.618 e. The Hall–Kier alpha value is -2.10. The van der Waals surface area contributed by atoms with E-state index in [4.69, 9.17) is 0 Å². The fraction of sp³-hybridized carbons (Fsp3) is 0.333. The van der Waals surface area contributed by atoms with E-state index >= 15 is 0 Å². The number of imidazole rings is 1. The van der Waals surface area contributed by atoms with Crippen LogP contribution in [0.2, 0.25) is 0 Å². The van der Waals surface area contributed by atoms with E-state index in [1.807, 2.05) is 25.4 Å². The van der Waals surface area contributed by atoms with Crippen molar-refractivity contribution in [3.05, 3.63) is 41.5 Å². The average molecular weight is 255 g/mol. The molecule has 0 N–H and O–H groups in total. The van der Waals surface area contributed by atoms with Gasteiger partial charge in [-0.3, -0.25) is 0 Å². The van der Waals surface area contributed by atoms with Crippen LogP contribution in [-0.4, -0.2) is 9.55 Å². The van der Waals surface area contributed by atoms with Crippen LogP contribution in [0.5, 0.6) is 0 Å². The van der Waals surface area contributed by atoms with Gasteiger partial charge in [-0.05, 0) is 24.5 Å². The molecule has 0 saturated carbocycles. The first-order valence-corrected chi connectivity index (χ1v) is 6.53. The summed E-state index contributed by atoms with van der Waals surface area (Å²) in [5.41, 5.74) is 3.66. The van der Waals surface area contributed by atoms with Gasteiger partial charge >= 0.3 is 0 Å². The van der Waals surface area contributed by atoms with Crippen LogP contribution >= 0.6 is 0 Å². The van der Waals surface area contributed by atoms with Crippen molar-refractivity contribution in [3.8, 4) is 0 Å². The molecule has 0 saturated heterocycles. The highest BCUT2D eigenvalue weighted by Crippen LogP contribution is 2.23. The second-order valence-corrected chi connectivity index (χ2v) is 5.50. The lowest BCUT2D eigenvalue weighted by molar-refractivity contribution is -0.575. The van der Waals surface area contributed by atoms with Crippen molar-refractivity contribution in [2.75, 3.05) is 0 Å². The Labute approximate surface area is 111 Å². The molecule has 0 aliphatic carbocycles. The minimum Gasteiger partial charge on any atom is -0.618 e. The third-order valence-corrected chi connectivity index (χ3v) is 3.31. The van der Waals surface area contributed by atoms with Crippen molar-refractivity contribution >= 4 is 21.9 Å². The van der Waals surface area contributed by atoms with Gasteiger partial charge in [0.05, 0.1) is 17.2 Å². The van der Waals surface area contributed by atoms with E-state index in [1.165, 1.54) is 0 Å². The average Bonchev–Trinajstić information content (AvgIpc) is 2.71. The zero-order valence-electron chi connectivity index (χ0n) is 11.4. The van der Waals surface area contributed by atoms with Crippen LogP contribution in [0.15, 0.2) is 30.7 Å². The number of pyridine rings is 1. The Morgan fingerprint density at radius 3 is 2.89 bits per heavy atom. The molecule has 0 atom stereocenters. The number of aromatic nitrogens is 3. The molecule has 0 amide bonds. The maximum absolute atomic E-state index is 12.0. The molecule has 2 aromatic heterocycles. The molecular weight excluding hydrogens is 238 g/mol. The second-order valence-electron chi connectivity index (χ2n) is 5.50. The zero-order chi connectivity index (χ0) is 13.6. The molecule has 3 rings (SSSR count). The van der Waals surface area contributed by atoms with Crippen molar-refractivity contribution in [2.24, 2.45) is 5.92 Å². The molecule has 0 spiro atoms. The molecule has 19 heavy (non-hydrogen) atoms. The fourth-order valence-corrected chi connectivity index (χ4v) is 2.53. The van der Waals surface area contributed by atoms with Crippen LogP contribution in [-0.2, 0) is 6.54 Å². The van der Waals surface area contributed by atoms with Gasteiger partial charge in [-0.2, -0.15) is 4.73 Å². The van der Waals surface area contributed by atoms with Crippen LogP contribution in [0.4, 0.5) is 0 Å². The molecule has 0 bridgehead atoms. The lowest BCUT2D eigenvalue weighted by Gasteiger charge is -2.09.